The van der Waals surface area contributed by atoms with Crippen LogP contribution in [-0.2, 0) is 10.2 Å². The first kappa shape index (κ1) is 26.8. The first-order chi connectivity index (χ1) is 18.1. The Morgan fingerprint density at radius 3 is 1.87 bits per heavy atom. The van der Waals surface area contributed by atoms with Gasteiger partial charge in [0.1, 0.15) is 0 Å². The van der Waals surface area contributed by atoms with Crippen molar-refractivity contribution in [2.24, 2.45) is 0 Å². The topological polar surface area (TPSA) is 72.5 Å². The van der Waals surface area contributed by atoms with E-state index in [-0.39, 0.29) is 22.7 Å². The number of ether oxygens (including phenoxy) is 1. The average Bonchev–Trinajstić information content (AvgIpc) is 2.92. The summed E-state index contributed by atoms with van der Waals surface area (Å²) in [5.41, 5.74) is 3.38. The van der Waals surface area contributed by atoms with E-state index < -0.39 is 12.1 Å². The predicted molar refractivity (Wildman–Crippen MR) is 150 cm³/mol. The van der Waals surface area contributed by atoms with E-state index in [1.807, 2.05) is 12.1 Å². The molecule has 0 spiro atoms. The number of Topliss-reactive ketones (excluding diaryl/α,β-unsaturated/α-hetero) is 1. The van der Waals surface area contributed by atoms with Crippen LogP contribution in [0.5, 0.6) is 0 Å². The van der Waals surface area contributed by atoms with E-state index in [1.165, 1.54) is 0 Å². The fourth-order valence-corrected chi connectivity index (χ4v) is 3.98. The summed E-state index contributed by atoms with van der Waals surface area (Å²) in [6.07, 6.45) is -1.14. The van der Waals surface area contributed by atoms with E-state index in [0.717, 1.165) is 5.56 Å². The van der Waals surface area contributed by atoms with E-state index in [2.05, 4.69) is 26.1 Å². The van der Waals surface area contributed by atoms with Gasteiger partial charge < -0.3 is 10.1 Å². The van der Waals surface area contributed by atoms with Gasteiger partial charge in [-0.15, -0.1) is 0 Å². The standard InChI is InChI=1S/C32H28ClNO4/c1-32(2,3)25-15-9-23(10-16-25)30(36)34-27-19-13-24(14-20-27)31(37)38-29(22-11-17-26(33)18-12-22)28(35)21-7-5-4-6-8-21/h4-20,29H,1-3H3,(H,34,36)/t29-/m1/s1. The third-order valence-electron chi connectivity index (χ3n) is 6.09. The number of esters is 1. The summed E-state index contributed by atoms with van der Waals surface area (Å²) in [5.74, 6) is -1.26. The fraction of sp³-hybridized carbons (Fsp3) is 0.156. The van der Waals surface area contributed by atoms with Crippen molar-refractivity contribution >= 4 is 34.9 Å². The van der Waals surface area contributed by atoms with Crippen molar-refractivity contribution in [1.29, 1.82) is 0 Å². The Kier molecular flexibility index (Phi) is 8.08. The number of nitrogens with one attached hydrogen (secondary N) is 1. The van der Waals surface area contributed by atoms with Crippen molar-refractivity contribution in [3.05, 3.63) is 136 Å². The predicted octanol–water partition coefficient (Wildman–Crippen LogP) is 7.67. The second-order valence-electron chi connectivity index (χ2n) is 9.93. The Morgan fingerprint density at radius 1 is 0.711 bits per heavy atom. The van der Waals surface area contributed by atoms with Crippen LogP contribution in [0.4, 0.5) is 5.69 Å². The maximum absolute atomic E-state index is 13.2. The zero-order valence-corrected chi connectivity index (χ0v) is 22.2. The summed E-state index contributed by atoms with van der Waals surface area (Å²) < 4.78 is 5.69. The van der Waals surface area contributed by atoms with Gasteiger partial charge in [0.2, 0.25) is 5.78 Å². The Bertz CT molecular complexity index is 1420. The van der Waals surface area contributed by atoms with E-state index in [1.54, 1.807) is 91.0 Å². The van der Waals surface area contributed by atoms with Crippen molar-refractivity contribution in [2.45, 2.75) is 32.3 Å². The van der Waals surface area contributed by atoms with Crippen LogP contribution in [0.2, 0.25) is 5.02 Å². The van der Waals surface area contributed by atoms with Gasteiger partial charge >= 0.3 is 5.97 Å². The molecule has 4 aromatic carbocycles. The Morgan fingerprint density at radius 2 is 1.29 bits per heavy atom. The van der Waals surface area contributed by atoms with Crippen LogP contribution in [0.15, 0.2) is 103 Å². The van der Waals surface area contributed by atoms with Crippen LogP contribution in [-0.4, -0.2) is 17.7 Å². The van der Waals surface area contributed by atoms with E-state index >= 15 is 0 Å². The van der Waals surface area contributed by atoms with Crippen LogP contribution in [0.25, 0.3) is 0 Å². The Balaban J connectivity index is 1.47. The molecule has 1 N–H and O–H groups in total. The lowest BCUT2D eigenvalue weighted by atomic mass is 9.87. The maximum Gasteiger partial charge on any atom is 0.339 e. The van der Waals surface area contributed by atoms with Gasteiger partial charge in [0.25, 0.3) is 5.91 Å². The molecule has 4 rings (SSSR count). The van der Waals surface area contributed by atoms with Gasteiger partial charge in [-0.1, -0.05) is 87.0 Å². The lowest BCUT2D eigenvalue weighted by Gasteiger charge is -2.19. The number of rotatable bonds is 7. The van der Waals surface area contributed by atoms with Gasteiger partial charge in [-0.3, -0.25) is 9.59 Å². The molecule has 0 fully saturated rings. The second kappa shape index (κ2) is 11.4. The number of carbonyl (C=O) groups is 3. The third kappa shape index (κ3) is 6.55. The van der Waals surface area contributed by atoms with Crippen LogP contribution in [0, 0.1) is 0 Å². The van der Waals surface area contributed by atoms with Crippen molar-refractivity contribution in [3.8, 4) is 0 Å². The number of carbonyl (C=O) groups excluding carboxylic acids is 3. The molecule has 0 aliphatic rings. The summed E-state index contributed by atoms with van der Waals surface area (Å²) in [7, 11) is 0. The van der Waals surface area contributed by atoms with E-state index in [4.69, 9.17) is 16.3 Å². The Hall–Kier alpha value is -4.22. The number of hydrogen-bond acceptors (Lipinski definition) is 4. The first-order valence-electron chi connectivity index (χ1n) is 12.2. The molecule has 0 bridgehead atoms. The van der Waals surface area contributed by atoms with Crippen LogP contribution >= 0.6 is 11.6 Å². The van der Waals surface area contributed by atoms with Crippen molar-refractivity contribution in [1.82, 2.24) is 0 Å². The molecule has 0 unspecified atom stereocenters. The van der Waals surface area contributed by atoms with Gasteiger partial charge in [-0.2, -0.15) is 0 Å². The molecule has 0 saturated carbocycles. The van der Waals surface area contributed by atoms with Gasteiger partial charge in [-0.25, -0.2) is 4.79 Å². The van der Waals surface area contributed by atoms with Gasteiger partial charge in [0.05, 0.1) is 5.56 Å². The third-order valence-corrected chi connectivity index (χ3v) is 6.34. The lowest BCUT2D eigenvalue weighted by molar-refractivity contribution is 0.0280. The summed E-state index contributed by atoms with van der Waals surface area (Å²) in [4.78, 5) is 38.9. The molecular formula is C32H28ClNO4. The summed E-state index contributed by atoms with van der Waals surface area (Å²) >= 11 is 6.01. The highest BCUT2D eigenvalue weighted by molar-refractivity contribution is 6.30. The molecule has 0 aromatic heterocycles. The van der Waals surface area contributed by atoms with Crippen LogP contribution in [0.3, 0.4) is 0 Å². The van der Waals surface area contributed by atoms with E-state index in [0.29, 0.717) is 27.4 Å². The summed E-state index contributed by atoms with van der Waals surface area (Å²) in [6, 6.07) is 29.1. The first-order valence-corrected chi connectivity index (χ1v) is 12.6. The monoisotopic (exact) mass is 525 g/mol. The van der Waals surface area contributed by atoms with Crippen LogP contribution in [0.1, 0.15) is 69.1 Å². The zero-order chi connectivity index (χ0) is 27.3. The molecule has 1 amide bonds. The smallest absolute Gasteiger partial charge is 0.339 e. The lowest BCUT2D eigenvalue weighted by Crippen LogP contribution is -2.20. The molecule has 0 aliphatic heterocycles. The SMILES string of the molecule is CC(C)(C)c1ccc(C(=O)Nc2ccc(C(=O)O[C@@H](C(=O)c3ccccc3)c3ccc(Cl)cc3)cc2)cc1. The second-order valence-corrected chi connectivity index (χ2v) is 10.4. The fourth-order valence-electron chi connectivity index (χ4n) is 3.85. The van der Waals surface area contributed by atoms with Gasteiger partial charge in [0.15, 0.2) is 6.10 Å². The highest BCUT2D eigenvalue weighted by Gasteiger charge is 2.27. The molecule has 1 atom stereocenters. The highest BCUT2D eigenvalue weighted by Crippen LogP contribution is 2.26. The number of benzene rings is 4. The number of anilines is 1. The van der Waals surface area contributed by atoms with Crippen molar-refractivity contribution in [3.63, 3.8) is 0 Å². The number of hydrogen-bond donors (Lipinski definition) is 1. The highest BCUT2D eigenvalue weighted by atomic mass is 35.5. The van der Waals surface area contributed by atoms with E-state index in [9.17, 15) is 14.4 Å². The van der Waals surface area contributed by atoms with Crippen molar-refractivity contribution in [2.75, 3.05) is 5.32 Å². The summed E-state index contributed by atoms with van der Waals surface area (Å²) in [5, 5.41) is 3.34. The molecule has 192 valence electrons. The molecule has 38 heavy (non-hydrogen) atoms. The molecule has 5 nitrogen and oxygen atoms in total. The molecule has 0 saturated heterocycles. The minimum Gasteiger partial charge on any atom is -0.445 e. The summed E-state index contributed by atoms with van der Waals surface area (Å²) in [6.45, 7) is 6.34. The van der Waals surface area contributed by atoms with Crippen molar-refractivity contribution < 1.29 is 19.1 Å². The number of ketones is 1. The molecule has 0 aliphatic carbocycles. The Labute approximate surface area is 227 Å². The van der Waals surface area contributed by atoms with Gasteiger partial charge in [-0.05, 0) is 59.5 Å². The van der Waals surface area contributed by atoms with Gasteiger partial charge in [0, 0.05) is 27.4 Å². The van der Waals surface area contributed by atoms with Crippen LogP contribution < -0.4 is 5.32 Å². The zero-order valence-electron chi connectivity index (χ0n) is 21.4. The molecule has 4 aromatic rings. The average molecular weight is 526 g/mol. The molecule has 0 heterocycles. The maximum atomic E-state index is 13.2. The number of halogens is 1. The molecular weight excluding hydrogens is 498 g/mol. The quantitative estimate of drug-likeness (QED) is 0.198. The minimum atomic E-state index is -1.14. The minimum absolute atomic E-state index is 0.00226. The molecule has 6 heteroatoms. The molecule has 0 radical (unpaired) electrons. The number of amides is 1. The largest absolute Gasteiger partial charge is 0.445 e. The normalized spacial score (nSPS) is 11.9.